The predicted octanol–water partition coefficient (Wildman–Crippen LogP) is 3.22. The van der Waals surface area contributed by atoms with E-state index in [1.165, 1.54) is 12.1 Å². The Hall–Kier alpha value is -2.91. The fourth-order valence-electron chi connectivity index (χ4n) is 3.04. The number of nitriles is 1. The van der Waals surface area contributed by atoms with E-state index in [9.17, 15) is 15.4 Å². The maximum Gasteiger partial charge on any atom is 0.270 e. The number of benzene rings is 2. The maximum absolute atomic E-state index is 10.9. The fourth-order valence-corrected chi connectivity index (χ4v) is 3.04. The number of morpholine rings is 1. The van der Waals surface area contributed by atoms with Gasteiger partial charge in [-0.15, -0.1) is 0 Å². The van der Waals surface area contributed by atoms with Crippen LogP contribution in [0.1, 0.15) is 18.1 Å². The molecule has 0 N–H and O–H groups in total. The van der Waals surface area contributed by atoms with Crippen molar-refractivity contribution in [1.29, 1.82) is 5.26 Å². The predicted molar refractivity (Wildman–Crippen MR) is 89.8 cm³/mol. The first-order chi connectivity index (χ1) is 11.5. The molecule has 0 spiro atoms. The zero-order chi connectivity index (χ0) is 17.2. The summed E-state index contributed by atoms with van der Waals surface area (Å²) in [6.45, 7) is 3.75. The molecule has 1 aliphatic heterocycles. The van der Waals surface area contributed by atoms with Gasteiger partial charge in [0.05, 0.1) is 29.3 Å². The van der Waals surface area contributed by atoms with Crippen molar-refractivity contribution in [2.24, 2.45) is 0 Å². The minimum atomic E-state index is -0.492. The smallest absolute Gasteiger partial charge is 0.270 e. The van der Waals surface area contributed by atoms with Crippen LogP contribution in [0.25, 0.3) is 0 Å². The molecule has 1 aliphatic rings. The van der Waals surface area contributed by atoms with Crippen LogP contribution in [0.2, 0.25) is 0 Å². The lowest BCUT2D eigenvalue weighted by atomic mass is 9.93. The molecule has 122 valence electrons. The topological polar surface area (TPSA) is 79.4 Å². The van der Waals surface area contributed by atoms with Gasteiger partial charge >= 0.3 is 0 Å². The fraction of sp³-hybridized carbons (Fsp3) is 0.278. The highest BCUT2D eigenvalue weighted by molar-refractivity contribution is 5.63. The molecule has 0 aromatic heterocycles. The lowest BCUT2D eigenvalue weighted by Gasteiger charge is -2.42. The van der Waals surface area contributed by atoms with Gasteiger partial charge in [-0.25, -0.2) is 0 Å². The highest BCUT2D eigenvalue weighted by atomic mass is 16.6. The zero-order valence-corrected chi connectivity index (χ0v) is 13.3. The van der Waals surface area contributed by atoms with Crippen molar-refractivity contribution >= 4 is 11.4 Å². The maximum atomic E-state index is 10.9. The van der Waals surface area contributed by atoms with Crippen LogP contribution >= 0.6 is 0 Å². The first-order valence-electron chi connectivity index (χ1n) is 7.66. The van der Waals surface area contributed by atoms with Gasteiger partial charge in [0.2, 0.25) is 0 Å². The molecule has 0 amide bonds. The van der Waals surface area contributed by atoms with Crippen LogP contribution in [-0.4, -0.2) is 24.6 Å². The van der Waals surface area contributed by atoms with Crippen molar-refractivity contribution in [2.45, 2.75) is 12.5 Å². The summed E-state index contributed by atoms with van der Waals surface area (Å²) in [7, 11) is 0. The number of nitrogens with zero attached hydrogens (tertiary/aromatic N) is 3. The van der Waals surface area contributed by atoms with Crippen LogP contribution in [0.3, 0.4) is 0 Å². The summed E-state index contributed by atoms with van der Waals surface area (Å²) in [6.07, 6.45) is 0. The molecule has 0 radical (unpaired) electrons. The minimum Gasteiger partial charge on any atom is -0.367 e. The quantitative estimate of drug-likeness (QED) is 0.640. The van der Waals surface area contributed by atoms with E-state index in [0.717, 1.165) is 5.56 Å². The van der Waals surface area contributed by atoms with E-state index in [2.05, 4.69) is 11.0 Å². The molecule has 1 atom stereocenters. The second-order valence-electron chi connectivity index (χ2n) is 5.94. The largest absolute Gasteiger partial charge is 0.367 e. The molecule has 0 aliphatic carbocycles. The Morgan fingerprint density at radius 3 is 2.71 bits per heavy atom. The summed E-state index contributed by atoms with van der Waals surface area (Å²) in [5.74, 6) is 0. The van der Waals surface area contributed by atoms with Gasteiger partial charge in [-0.1, -0.05) is 30.3 Å². The molecule has 1 heterocycles. The van der Waals surface area contributed by atoms with Gasteiger partial charge in [0.25, 0.3) is 5.69 Å². The molecular weight excluding hydrogens is 306 g/mol. The molecule has 6 nitrogen and oxygen atoms in total. The number of ether oxygens (including phenoxy) is 1. The summed E-state index contributed by atoms with van der Waals surface area (Å²) >= 11 is 0. The Morgan fingerprint density at radius 1 is 1.29 bits per heavy atom. The summed E-state index contributed by atoms with van der Waals surface area (Å²) in [5, 5.41) is 20.3. The van der Waals surface area contributed by atoms with Crippen LogP contribution < -0.4 is 4.90 Å². The number of hydrogen-bond acceptors (Lipinski definition) is 5. The van der Waals surface area contributed by atoms with Gasteiger partial charge in [-0.05, 0) is 18.6 Å². The van der Waals surface area contributed by atoms with Crippen LogP contribution in [-0.2, 0) is 10.3 Å². The Kier molecular flexibility index (Phi) is 4.19. The number of nitro benzene ring substituents is 1. The molecular formula is C18H17N3O3. The summed E-state index contributed by atoms with van der Waals surface area (Å²) in [5.41, 5.74) is 1.51. The van der Waals surface area contributed by atoms with Crippen molar-refractivity contribution in [3.63, 3.8) is 0 Å². The molecule has 1 fully saturated rings. The van der Waals surface area contributed by atoms with E-state index in [0.29, 0.717) is 30.9 Å². The second kappa shape index (κ2) is 6.30. The van der Waals surface area contributed by atoms with E-state index in [1.807, 2.05) is 37.3 Å². The van der Waals surface area contributed by atoms with Crippen LogP contribution in [0.4, 0.5) is 11.4 Å². The number of rotatable bonds is 3. The van der Waals surface area contributed by atoms with E-state index in [-0.39, 0.29) is 5.69 Å². The summed E-state index contributed by atoms with van der Waals surface area (Å²) in [4.78, 5) is 12.5. The molecule has 0 bridgehead atoms. The van der Waals surface area contributed by atoms with Gasteiger partial charge in [0.15, 0.2) is 0 Å². The van der Waals surface area contributed by atoms with E-state index >= 15 is 0 Å². The van der Waals surface area contributed by atoms with Crippen LogP contribution in [0.15, 0.2) is 48.5 Å². The summed E-state index contributed by atoms with van der Waals surface area (Å²) < 4.78 is 6.01. The Balaban J connectivity index is 1.93. The first kappa shape index (κ1) is 16.0. The average Bonchev–Trinajstić information content (AvgIpc) is 2.62. The molecule has 3 rings (SSSR count). The van der Waals surface area contributed by atoms with E-state index < -0.39 is 10.5 Å². The molecule has 2 aromatic rings. The Bertz CT molecular complexity index is 801. The van der Waals surface area contributed by atoms with Crippen molar-refractivity contribution in [2.75, 3.05) is 24.6 Å². The third-order valence-corrected chi connectivity index (χ3v) is 4.31. The van der Waals surface area contributed by atoms with Gasteiger partial charge in [-0.3, -0.25) is 10.1 Å². The minimum absolute atomic E-state index is 0.0746. The van der Waals surface area contributed by atoms with Gasteiger partial charge in [0, 0.05) is 18.7 Å². The highest BCUT2D eigenvalue weighted by Gasteiger charge is 2.34. The van der Waals surface area contributed by atoms with E-state index in [1.54, 1.807) is 6.07 Å². The number of nitro groups is 1. The average molecular weight is 323 g/mol. The monoisotopic (exact) mass is 323 g/mol. The van der Waals surface area contributed by atoms with Gasteiger partial charge in [-0.2, -0.15) is 5.26 Å². The third kappa shape index (κ3) is 2.94. The number of hydrogen-bond donors (Lipinski definition) is 0. The van der Waals surface area contributed by atoms with Crippen molar-refractivity contribution < 1.29 is 9.66 Å². The SMILES string of the molecule is CC1(c2ccccc2)CN(c2ccc([N+](=O)[O-])cc2C#N)CCO1. The van der Waals surface area contributed by atoms with Crippen molar-refractivity contribution in [3.8, 4) is 6.07 Å². The van der Waals surface area contributed by atoms with Crippen LogP contribution in [0.5, 0.6) is 0 Å². The standard InChI is InChI=1S/C18H17N3O3/c1-18(15-5-3-2-4-6-15)13-20(9-10-24-18)17-8-7-16(21(22)23)11-14(17)12-19/h2-8,11H,9-10,13H2,1H3. The molecule has 24 heavy (non-hydrogen) atoms. The molecule has 6 heteroatoms. The number of non-ortho nitro benzene ring substituents is 1. The second-order valence-corrected chi connectivity index (χ2v) is 5.94. The molecule has 2 aromatic carbocycles. The van der Waals surface area contributed by atoms with Gasteiger partial charge in [0.1, 0.15) is 11.7 Å². The molecule has 1 unspecified atom stereocenters. The van der Waals surface area contributed by atoms with Gasteiger partial charge < -0.3 is 9.64 Å². The Labute approximate surface area is 140 Å². The first-order valence-corrected chi connectivity index (χ1v) is 7.66. The lowest BCUT2D eigenvalue weighted by Crippen LogP contribution is -2.48. The van der Waals surface area contributed by atoms with Crippen LogP contribution in [0, 0.1) is 21.4 Å². The zero-order valence-electron chi connectivity index (χ0n) is 13.3. The molecule has 0 saturated carbocycles. The Morgan fingerprint density at radius 2 is 2.04 bits per heavy atom. The lowest BCUT2D eigenvalue weighted by molar-refractivity contribution is -0.384. The van der Waals surface area contributed by atoms with Crippen molar-refractivity contribution in [1.82, 2.24) is 0 Å². The van der Waals surface area contributed by atoms with Crippen molar-refractivity contribution in [3.05, 3.63) is 69.8 Å². The van der Waals surface area contributed by atoms with E-state index in [4.69, 9.17) is 4.74 Å². The normalized spacial score (nSPS) is 20.4. The third-order valence-electron chi connectivity index (χ3n) is 4.31. The summed E-state index contributed by atoms with van der Waals surface area (Å²) in [6, 6.07) is 16.4. The molecule has 1 saturated heterocycles. The highest BCUT2D eigenvalue weighted by Crippen LogP contribution is 2.33. The number of anilines is 1.